The lowest BCUT2D eigenvalue weighted by Crippen LogP contribution is -2.37. The van der Waals surface area contributed by atoms with Gasteiger partial charge in [0.15, 0.2) is 0 Å². The van der Waals surface area contributed by atoms with E-state index in [9.17, 15) is 23.1 Å². The van der Waals surface area contributed by atoms with E-state index in [1.165, 1.54) is 0 Å². The molecular weight excluding hydrogens is 514 g/mol. The van der Waals surface area contributed by atoms with Gasteiger partial charge in [0.25, 0.3) is 0 Å². The van der Waals surface area contributed by atoms with Crippen LogP contribution in [0.25, 0.3) is 10.9 Å². The predicted molar refractivity (Wildman–Crippen MR) is 135 cm³/mol. The molecule has 194 valence electrons. The number of fused-ring (bicyclic) bond motifs is 1. The fraction of sp³-hybridized carbons (Fsp3) is 0.444. The van der Waals surface area contributed by atoms with Crippen LogP contribution >= 0.6 is 23.2 Å². The number of carbonyl (C=O) groups is 1. The second-order valence-electron chi connectivity index (χ2n) is 9.69. The maximum absolute atomic E-state index is 13.3. The first kappa shape index (κ1) is 26.7. The summed E-state index contributed by atoms with van der Waals surface area (Å²) < 4.78 is 47.9. The first-order chi connectivity index (χ1) is 16.9. The molecule has 9 heteroatoms. The summed E-state index contributed by atoms with van der Waals surface area (Å²) in [5, 5.41) is 11.2. The number of carboxylic acids is 1. The van der Waals surface area contributed by atoms with Crippen molar-refractivity contribution in [1.29, 1.82) is 0 Å². The lowest BCUT2D eigenvalue weighted by Gasteiger charge is -2.36. The normalized spacial score (nSPS) is 20.6. The summed E-state index contributed by atoms with van der Waals surface area (Å²) in [5.41, 5.74) is 1.02. The monoisotopic (exact) mass is 541 g/mol. The number of aromatic nitrogens is 1. The minimum Gasteiger partial charge on any atom is -0.489 e. The zero-order chi connectivity index (χ0) is 26.4. The highest BCUT2D eigenvalue weighted by Crippen LogP contribution is 2.43. The van der Waals surface area contributed by atoms with Crippen molar-refractivity contribution in [2.45, 2.75) is 64.7 Å². The highest BCUT2D eigenvalue weighted by Gasteiger charge is 2.41. The molecule has 4 rings (SSSR count). The van der Waals surface area contributed by atoms with Crippen LogP contribution in [0.3, 0.4) is 0 Å². The molecule has 1 heterocycles. The molecule has 3 aromatic rings. The SMILES string of the molecule is CCC1(C(=O)O)CCC(Oc2ccc(Cl)c(Cc3cc4c(C)cc(C(F)(F)F)cc4n3C)c2Cl)CC1. The molecule has 1 N–H and O–H groups in total. The van der Waals surface area contributed by atoms with Gasteiger partial charge in [-0.1, -0.05) is 30.1 Å². The third kappa shape index (κ3) is 4.92. The zero-order valence-corrected chi connectivity index (χ0v) is 21.8. The molecule has 0 spiro atoms. The average Bonchev–Trinajstić information content (AvgIpc) is 3.14. The minimum absolute atomic E-state index is 0.156. The van der Waals surface area contributed by atoms with Gasteiger partial charge in [0.2, 0.25) is 0 Å². The van der Waals surface area contributed by atoms with Gasteiger partial charge < -0.3 is 14.4 Å². The van der Waals surface area contributed by atoms with E-state index in [1.54, 1.807) is 30.7 Å². The Balaban J connectivity index is 1.60. The molecule has 2 aromatic carbocycles. The Morgan fingerprint density at radius 2 is 1.86 bits per heavy atom. The number of ether oxygens (including phenoxy) is 1. The second-order valence-corrected chi connectivity index (χ2v) is 10.5. The molecule has 36 heavy (non-hydrogen) atoms. The van der Waals surface area contributed by atoms with Gasteiger partial charge in [-0.2, -0.15) is 13.2 Å². The molecule has 0 aliphatic heterocycles. The number of alkyl halides is 3. The molecular formula is C27H28Cl2F3NO3. The molecule has 1 fully saturated rings. The number of carboxylic acid groups (broad SMARTS) is 1. The largest absolute Gasteiger partial charge is 0.489 e. The fourth-order valence-corrected chi connectivity index (χ4v) is 5.72. The van der Waals surface area contributed by atoms with Gasteiger partial charge >= 0.3 is 12.1 Å². The quantitative estimate of drug-likeness (QED) is 0.342. The van der Waals surface area contributed by atoms with Crippen molar-refractivity contribution in [2.75, 3.05) is 0 Å². The van der Waals surface area contributed by atoms with Gasteiger partial charge in [-0.05, 0) is 80.5 Å². The van der Waals surface area contributed by atoms with Crippen molar-refractivity contribution in [3.8, 4) is 5.75 Å². The molecule has 0 unspecified atom stereocenters. The summed E-state index contributed by atoms with van der Waals surface area (Å²) in [6, 6.07) is 7.58. The van der Waals surface area contributed by atoms with Crippen LogP contribution in [0.4, 0.5) is 13.2 Å². The molecule has 0 saturated heterocycles. The van der Waals surface area contributed by atoms with Gasteiger partial charge in [-0.3, -0.25) is 4.79 Å². The number of aryl methyl sites for hydroxylation is 2. The number of nitrogens with zero attached hydrogens (tertiary/aromatic N) is 1. The van der Waals surface area contributed by atoms with E-state index in [0.717, 1.165) is 23.2 Å². The van der Waals surface area contributed by atoms with Crippen LogP contribution in [0.15, 0.2) is 30.3 Å². The zero-order valence-electron chi connectivity index (χ0n) is 20.3. The average molecular weight is 542 g/mol. The summed E-state index contributed by atoms with van der Waals surface area (Å²) in [6.07, 6.45) is -1.40. The summed E-state index contributed by atoms with van der Waals surface area (Å²) in [4.78, 5) is 11.7. The van der Waals surface area contributed by atoms with Crippen LogP contribution in [0.5, 0.6) is 5.75 Å². The minimum atomic E-state index is -4.43. The standard InChI is InChI=1S/C27H28Cl2F3NO3/c1-4-26(25(34)35)9-7-18(8-10-26)36-23-6-5-21(28)20(24(23)29)14-17-13-19-15(2)11-16(27(30,31)32)12-22(19)33(17)3/h5-6,11-13,18H,4,7-10,14H2,1-3H3,(H,34,35). The lowest BCUT2D eigenvalue weighted by atomic mass is 9.71. The molecule has 0 bridgehead atoms. The van der Waals surface area contributed by atoms with Crippen molar-refractivity contribution >= 4 is 40.1 Å². The maximum Gasteiger partial charge on any atom is 0.416 e. The molecule has 0 amide bonds. The Morgan fingerprint density at radius 3 is 2.44 bits per heavy atom. The van der Waals surface area contributed by atoms with Crippen LogP contribution in [-0.4, -0.2) is 21.7 Å². The number of aliphatic carboxylic acids is 1. The number of hydrogen-bond acceptors (Lipinski definition) is 2. The Hall–Kier alpha value is -2.38. The van der Waals surface area contributed by atoms with E-state index in [1.807, 2.05) is 13.0 Å². The van der Waals surface area contributed by atoms with E-state index in [4.69, 9.17) is 27.9 Å². The molecule has 4 nitrogen and oxygen atoms in total. The number of hydrogen-bond donors (Lipinski definition) is 1. The van der Waals surface area contributed by atoms with E-state index < -0.39 is 23.1 Å². The predicted octanol–water partition coefficient (Wildman–Crippen LogP) is 8.21. The highest BCUT2D eigenvalue weighted by molar-refractivity contribution is 6.37. The summed E-state index contributed by atoms with van der Waals surface area (Å²) >= 11 is 13.2. The van der Waals surface area contributed by atoms with E-state index in [0.29, 0.717) is 71.0 Å². The lowest BCUT2D eigenvalue weighted by molar-refractivity contribution is -0.152. The third-order valence-electron chi connectivity index (χ3n) is 7.62. The second kappa shape index (κ2) is 9.82. The molecule has 1 saturated carbocycles. The topological polar surface area (TPSA) is 51.5 Å². The van der Waals surface area contributed by atoms with Crippen LogP contribution < -0.4 is 4.74 Å². The van der Waals surface area contributed by atoms with Crippen LogP contribution in [-0.2, 0) is 24.4 Å². The van der Waals surface area contributed by atoms with Crippen LogP contribution in [0.1, 0.15) is 61.4 Å². The highest BCUT2D eigenvalue weighted by atomic mass is 35.5. The Morgan fingerprint density at radius 1 is 1.19 bits per heavy atom. The molecule has 0 atom stereocenters. The van der Waals surface area contributed by atoms with Crippen molar-refractivity contribution in [3.05, 3.63) is 62.8 Å². The van der Waals surface area contributed by atoms with Crippen molar-refractivity contribution < 1.29 is 27.8 Å². The Kier molecular flexibility index (Phi) is 7.28. The van der Waals surface area contributed by atoms with Gasteiger partial charge in [0, 0.05) is 35.1 Å². The Bertz CT molecular complexity index is 1310. The van der Waals surface area contributed by atoms with Gasteiger partial charge in [0.1, 0.15) is 5.75 Å². The maximum atomic E-state index is 13.3. The molecule has 1 aromatic heterocycles. The van der Waals surface area contributed by atoms with Crippen LogP contribution in [0.2, 0.25) is 10.0 Å². The molecule has 1 aliphatic rings. The fourth-order valence-electron chi connectivity index (χ4n) is 5.17. The van der Waals surface area contributed by atoms with E-state index >= 15 is 0 Å². The summed E-state index contributed by atoms with van der Waals surface area (Å²) in [5.74, 6) is -0.294. The van der Waals surface area contributed by atoms with E-state index in [-0.39, 0.29) is 6.10 Å². The smallest absolute Gasteiger partial charge is 0.416 e. The van der Waals surface area contributed by atoms with Gasteiger partial charge in [-0.25, -0.2) is 0 Å². The third-order valence-corrected chi connectivity index (χ3v) is 8.39. The van der Waals surface area contributed by atoms with Crippen LogP contribution in [0, 0.1) is 12.3 Å². The summed E-state index contributed by atoms with van der Waals surface area (Å²) in [6.45, 7) is 3.56. The first-order valence-electron chi connectivity index (χ1n) is 11.9. The van der Waals surface area contributed by atoms with Crippen molar-refractivity contribution in [3.63, 3.8) is 0 Å². The van der Waals surface area contributed by atoms with Crippen molar-refractivity contribution in [1.82, 2.24) is 4.57 Å². The number of rotatable bonds is 6. The van der Waals surface area contributed by atoms with Gasteiger partial charge in [0.05, 0.1) is 22.1 Å². The molecule has 0 radical (unpaired) electrons. The van der Waals surface area contributed by atoms with Crippen molar-refractivity contribution in [2.24, 2.45) is 12.5 Å². The van der Waals surface area contributed by atoms with Gasteiger partial charge in [-0.15, -0.1) is 0 Å². The number of benzene rings is 2. The van der Waals surface area contributed by atoms with E-state index in [2.05, 4.69) is 0 Å². The first-order valence-corrected chi connectivity index (χ1v) is 12.6. The Labute approximate surface area is 218 Å². The molecule has 1 aliphatic carbocycles. The summed E-state index contributed by atoms with van der Waals surface area (Å²) in [7, 11) is 1.73. The number of halogens is 5.